The van der Waals surface area contributed by atoms with Crippen LogP contribution in [-0.2, 0) is 6.42 Å². The van der Waals surface area contributed by atoms with Gasteiger partial charge in [-0.15, -0.1) is 0 Å². The van der Waals surface area contributed by atoms with Crippen molar-refractivity contribution in [3.63, 3.8) is 0 Å². The fraction of sp³-hybridized carbons (Fsp3) is 0.600. The Hall–Kier alpha value is -0.410. The summed E-state index contributed by atoms with van der Waals surface area (Å²) in [5.74, 6) is -0.0991. The summed E-state index contributed by atoms with van der Waals surface area (Å²) in [6.45, 7) is 5.35. The normalized spacial score (nSPS) is 12.7. The highest BCUT2D eigenvalue weighted by atomic mass is 79.9. The molecule has 1 unspecified atom stereocenters. The zero-order chi connectivity index (χ0) is 13.4. The third-order valence-corrected chi connectivity index (χ3v) is 3.56. The van der Waals surface area contributed by atoms with Crippen molar-refractivity contribution in [1.82, 2.24) is 5.32 Å². The molecule has 1 rings (SSSR count). The van der Waals surface area contributed by atoms with E-state index >= 15 is 0 Å². The first-order chi connectivity index (χ1) is 8.67. The molecule has 0 saturated heterocycles. The molecule has 1 N–H and O–H groups in total. The second kappa shape index (κ2) is 8.65. The average Bonchev–Trinajstić information content (AvgIpc) is 2.37. The van der Waals surface area contributed by atoms with E-state index in [-0.39, 0.29) is 5.82 Å². The third-order valence-electron chi connectivity index (χ3n) is 3.06. The molecule has 0 amide bonds. The zero-order valence-electron chi connectivity index (χ0n) is 11.3. The topological polar surface area (TPSA) is 12.0 Å². The second-order valence-electron chi connectivity index (χ2n) is 4.73. The minimum Gasteiger partial charge on any atom is -0.314 e. The molecule has 1 aromatic carbocycles. The van der Waals surface area contributed by atoms with Crippen molar-refractivity contribution in [1.29, 1.82) is 0 Å². The molecule has 102 valence electrons. The summed E-state index contributed by atoms with van der Waals surface area (Å²) < 4.78 is 14.7. The van der Waals surface area contributed by atoms with Crippen LogP contribution in [0.5, 0.6) is 0 Å². The van der Waals surface area contributed by atoms with Gasteiger partial charge >= 0.3 is 0 Å². The molecule has 0 fully saturated rings. The van der Waals surface area contributed by atoms with Gasteiger partial charge in [-0.25, -0.2) is 4.39 Å². The minimum atomic E-state index is -0.0991. The Bertz CT molecular complexity index is 346. The lowest BCUT2D eigenvalue weighted by atomic mass is 10.0. The molecule has 18 heavy (non-hydrogen) atoms. The summed E-state index contributed by atoms with van der Waals surface area (Å²) in [6.07, 6.45) is 5.37. The number of unbranched alkanes of at least 4 members (excludes halogenated alkanes) is 1. The highest BCUT2D eigenvalue weighted by molar-refractivity contribution is 9.10. The molecular formula is C15H23BrFN. The van der Waals surface area contributed by atoms with Crippen LogP contribution < -0.4 is 5.32 Å². The van der Waals surface area contributed by atoms with E-state index in [1.54, 1.807) is 6.07 Å². The summed E-state index contributed by atoms with van der Waals surface area (Å²) in [5, 5.41) is 3.52. The Morgan fingerprint density at radius 1 is 1.28 bits per heavy atom. The third kappa shape index (κ3) is 5.49. The quantitative estimate of drug-likeness (QED) is 0.734. The van der Waals surface area contributed by atoms with Crippen molar-refractivity contribution in [3.8, 4) is 0 Å². The maximum atomic E-state index is 13.7. The van der Waals surface area contributed by atoms with Gasteiger partial charge in [0.2, 0.25) is 0 Å². The van der Waals surface area contributed by atoms with Gasteiger partial charge in [-0.05, 0) is 49.6 Å². The summed E-state index contributed by atoms with van der Waals surface area (Å²) in [5.41, 5.74) is 0.800. The lowest BCUT2D eigenvalue weighted by Gasteiger charge is -2.19. The van der Waals surface area contributed by atoms with E-state index in [9.17, 15) is 4.39 Å². The van der Waals surface area contributed by atoms with Crippen LogP contribution in [0.15, 0.2) is 22.7 Å². The number of benzene rings is 1. The fourth-order valence-electron chi connectivity index (χ4n) is 2.04. The largest absolute Gasteiger partial charge is 0.314 e. The molecule has 0 aliphatic heterocycles. The summed E-state index contributed by atoms with van der Waals surface area (Å²) in [7, 11) is 0. The number of hydrogen-bond acceptors (Lipinski definition) is 1. The first-order valence-electron chi connectivity index (χ1n) is 6.84. The van der Waals surface area contributed by atoms with E-state index in [4.69, 9.17) is 0 Å². The van der Waals surface area contributed by atoms with Crippen LogP contribution in [0.3, 0.4) is 0 Å². The van der Waals surface area contributed by atoms with Gasteiger partial charge in [0.05, 0.1) is 0 Å². The van der Waals surface area contributed by atoms with Gasteiger partial charge in [-0.1, -0.05) is 42.6 Å². The van der Waals surface area contributed by atoms with Crippen molar-refractivity contribution in [2.75, 3.05) is 6.54 Å². The molecule has 0 bridgehead atoms. The van der Waals surface area contributed by atoms with Crippen LogP contribution in [0.25, 0.3) is 0 Å². The van der Waals surface area contributed by atoms with E-state index in [0.29, 0.717) is 6.04 Å². The van der Waals surface area contributed by atoms with Crippen LogP contribution in [-0.4, -0.2) is 12.6 Å². The van der Waals surface area contributed by atoms with Gasteiger partial charge in [-0.2, -0.15) is 0 Å². The van der Waals surface area contributed by atoms with Gasteiger partial charge in [0, 0.05) is 10.5 Å². The number of rotatable bonds is 8. The van der Waals surface area contributed by atoms with E-state index in [0.717, 1.165) is 35.8 Å². The van der Waals surface area contributed by atoms with Gasteiger partial charge in [0.25, 0.3) is 0 Å². The van der Waals surface area contributed by atoms with Gasteiger partial charge in [0.15, 0.2) is 0 Å². The molecule has 0 saturated carbocycles. The molecule has 0 aliphatic carbocycles. The number of nitrogens with one attached hydrogen (secondary N) is 1. The minimum absolute atomic E-state index is 0.0991. The van der Waals surface area contributed by atoms with E-state index in [2.05, 4.69) is 35.1 Å². The molecule has 1 aromatic rings. The van der Waals surface area contributed by atoms with Crippen LogP contribution in [0, 0.1) is 5.82 Å². The SMILES string of the molecule is CCCCC(Cc1cc(Br)ccc1F)NCCC. The van der Waals surface area contributed by atoms with Crippen LogP contribution in [0.4, 0.5) is 4.39 Å². The molecule has 0 aromatic heterocycles. The summed E-state index contributed by atoms with van der Waals surface area (Å²) in [4.78, 5) is 0. The highest BCUT2D eigenvalue weighted by Gasteiger charge is 2.11. The molecule has 3 heteroatoms. The Morgan fingerprint density at radius 2 is 2.06 bits per heavy atom. The van der Waals surface area contributed by atoms with Crippen LogP contribution in [0.2, 0.25) is 0 Å². The molecule has 0 radical (unpaired) electrons. The molecule has 1 atom stereocenters. The summed E-state index contributed by atoms with van der Waals surface area (Å²) in [6, 6.07) is 5.56. The number of halogens is 2. The first kappa shape index (κ1) is 15.6. The van der Waals surface area contributed by atoms with Gasteiger partial charge < -0.3 is 5.32 Å². The standard InChI is InChI=1S/C15H23BrFN/c1-3-5-6-14(18-9-4-2)11-12-10-13(16)7-8-15(12)17/h7-8,10,14,18H,3-6,9,11H2,1-2H3. The lowest BCUT2D eigenvalue weighted by Crippen LogP contribution is -2.32. The Balaban J connectivity index is 2.65. The van der Waals surface area contributed by atoms with Crippen LogP contribution in [0.1, 0.15) is 45.1 Å². The average molecular weight is 316 g/mol. The van der Waals surface area contributed by atoms with Crippen molar-refractivity contribution >= 4 is 15.9 Å². The van der Waals surface area contributed by atoms with Gasteiger partial charge in [0.1, 0.15) is 5.82 Å². The van der Waals surface area contributed by atoms with Crippen molar-refractivity contribution in [2.24, 2.45) is 0 Å². The van der Waals surface area contributed by atoms with Crippen molar-refractivity contribution < 1.29 is 4.39 Å². The van der Waals surface area contributed by atoms with Crippen LogP contribution >= 0.6 is 15.9 Å². The molecule has 1 nitrogen and oxygen atoms in total. The van der Waals surface area contributed by atoms with E-state index < -0.39 is 0 Å². The highest BCUT2D eigenvalue weighted by Crippen LogP contribution is 2.18. The zero-order valence-corrected chi connectivity index (χ0v) is 12.9. The molecule has 0 heterocycles. The maximum Gasteiger partial charge on any atom is 0.126 e. The summed E-state index contributed by atoms with van der Waals surface area (Å²) >= 11 is 3.40. The Kier molecular flexibility index (Phi) is 7.52. The lowest BCUT2D eigenvalue weighted by molar-refractivity contribution is 0.454. The predicted octanol–water partition coefficient (Wildman–Crippen LogP) is 4.69. The number of hydrogen-bond donors (Lipinski definition) is 1. The molecule has 0 aliphatic rings. The van der Waals surface area contributed by atoms with E-state index in [1.807, 2.05) is 6.07 Å². The Labute approximate surface area is 118 Å². The fourth-order valence-corrected chi connectivity index (χ4v) is 2.45. The Morgan fingerprint density at radius 3 is 2.72 bits per heavy atom. The monoisotopic (exact) mass is 315 g/mol. The first-order valence-corrected chi connectivity index (χ1v) is 7.64. The molecular weight excluding hydrogens is 293 g/mol. The van der Waals surface area contributed by atoms with Crippen molar-refractivity contribution in [2.45, 2.75) is 52.0 Å². The molecule has 0 spiro atoms. The van der Waals surface area contributed by atoms with Gasteiger partial charge in [-0.3, -0.25) is 0 Å². The van der Waals surface area contributed by atoms with E-state index in [1.165, 1.54) is 18.9 Å². The van der Waals surface area contributed by atoms with Crippen molar-refractivity contribution in [3.05, 3.63) is 34.1 Å². The predicted molar refractivity (Wildman–Crippen MR) is 79.4 cm³/mol. The smallest absolute Gasteiger partial charge is 0.126 e. The maximum absolute atomic E-state index is 13.7. The second-order valence-corrected chi connectivity index (χ2v) is 5.65.